The molecule has 0 aromatic heterocycles. The highest BCUT2D eigenvalue weighted by Crippen LogP contribution is 2.29. The zero-order valence-corrected chi connectivity index (χ0v) is 14.0. The molecule has 0 bridgehead atoms. The Labute approximate surface area is 131 Å². The second-order valence-corrected chi connectivity index (χ2v) is 6.39. The van der Waals surface area contributed by atoms with E-state index in [1.165, 1.54) is 0 Å². The van der Waals surface area contributed by atoms with E-state index in [1.54, 1.807) is 0 Å². The topological polar surface area (TPSA) is 35.2 Å². The first-order valence-corrected chi connectivity index (χ1v) is 7.56. The number of halogens is 3. The Morgan fingerprint density at radius 1 is 0.944 bits per heavy atom. The molecule has 0 radical (unpaired) electrons. The molecule has 0 aliphatic heterocycles. The molecule has 0 atom stereocenters. The van der Waals surface area contributed by atoms with Gasteiger partial charge in [0.25, 0.3) is 0 Å². The van der Waals surface area contributed by atoms with Gasteiger partial charge in [-0.2, -0.15) is 0 Å². The van der Waals surface area contributed by atoms with Gasteiger partial charge in [0, 0.05) is 20.2 Å². The number of nitrogens with two attached hydrogens (primary N) is 1. The lowest BCUT2D eigenvalue weighted by atomic mass is 10.2. The number of nitrogen functional groups attached to an aromatic ring is 1. The average Bonchev–Trinajstić information content (AvgIpc) is 2.30. The molecule has 0 fully saturated rings. The van der Waals surface area contributed by atoms with Crippen LogP contribution in [0, 0.1) is 0 Å². The molecule has 2 rings (SSSR count). The predicted octanol–water partition coefficient (Wildman–Crippen LogP) is 5.14. The smallest absolute Gasteiger partial charge is 0.134 e. The van der Waals surface area contributed by atoms with Crippen molar-refractivity contribution in [1.29, 1.82) is 0 Å². The van der Waals surface area contributed by atoms with Crippen molar-refractivity contribution < 1.29 is 4.74 Å². The third kappa shape index (κ3) is 3.49. The number of benzene rings is 2. The molecule has 0 aliphatic rings. The van der Waals surface area contributed by atoms with E-state index >= 15 is 0 Å². The lowest BCUT2D eigenvalue weighted by molar-refractivity contribution is 0.305. The van der Waals surface area contributed by atoms with Crippen LogP contribution in [0.4, 0.5) is 5.69 Å². The SMILES string of the molecule is Nc1cc(Br)ccc1COc1ccc(Br)cc1Br. The highest BCUT2D eigenvalue weighted by Gasteiger charge is 2.04. The Kier molecular flexibility index (Phi) is 4.70. The summed E-state index contributed by atoms with van der Waals surface area (Å²) in [5, 5.41) is 0. The molecule has 94 valence electrons. The van der Waals surface area contributed by atoms with Crippen LogP contribution in [0.2, 0.25) is 0 Å². The Morgan fingerprint density at radius 2 is 1.61 bits per heavy atom. The lowest BCUT2D eigenvalue weighted by Gasteiger charge is -2.10. The van der Waals surface area contributed by atoms with Gasteiger partial charge in [0.2, 0.25) is 0 Å². The van der Waals surface area contributed by atoms with E-state index in [9.17, 15) is 0 Å². The molecule has 5 heteroatoms. The molecule has 0 aliphatic carbocycles. The summed E-state index contributed by atoms with van der Waals surface area (Å²) in [5.41, 5.74) is 7.60. The van der Waals surface area contributed by atoms with Crippen molar-refractivity contribution in [2.24, 2.45) is 0 Å². The molecule has 2 N–H and O–H groups in total. The monoisotopic (exact) mass is 433 g/mol. The van der Waals surface area contributed by atoms with E-state index in [0.29, 0.717) is 6.61 Å². The maximum atomic E-state index is 5.92. The van der Waals surface area contributed by atoms with Gasteiger partial charge >= 0.3 is 0 Å². The first-order valence-electron chi connectivity index (χ1n) is 5.18. The van der Waals surface area contributed by atoms with E-state index in [1.807, 2.05) is 36.4 Å². The molecule has 0 spiro atoms. The van der Waals surface area contributed by atoms with Gasteiger partial charge in [-0.1, -0.05) is 37.9 Å². The van der Waals surface area contributed by atoms with Crippen molar-refractivity contribution >= 4 is 53.5 Å². The summed E-state index contributed by atoms with van der Waals surface area (Å²) in [5.74, 6) is 0.792. The van der Waals surface area contributed by atoms with Gasteiger partial charge in [-0.3, -0.25) is 0 Å². The summed E-state index contributed by atoms with van der Waals surface area (Å²) < 4.78 is 8.62. The van der Waals surface area contributed by atoms with Gasteiger partial charge in [-0.05, 0) is 46.3 Å². The van der Waals surface area contributed by atoms with Crippen molar-refractivity contribution in [3.63, 3.8) is 0 Å². The van der Waals surface area contributed by atoms with Crippen molar-refractivity contribution in [3.8, 4) is 5.75 Å². The molecule has 2 aromatic rings. The minimum absolute atomic E-state index is 0.444. The maximum absolute atomic E-state index is 5.92. The molecule has 0 saturated heterocycles. The molecule has 0 unspecified atom stereocenters. The van der Waals surface area contributed by atoms with E-state index in [2.05, 4.69) is 47.8 Å². The van der Waals surface area contributed by atoms with Crippen molar-refractivity contribution in [2.45, 2.75) is 6.61 Å². The van der Waals surface area contributed by atoms with Gasteiger partial charge in [0.1, 0.15) is 12.4 Å². The summed E-state index contributed by atoms with van der Waals surface area (Å²) in [6.07, 6.45) is 0. The molecule has 2 nitrogen and oxygen atoms in total. The third-order valence-electron chi connectivity index (χ3n) is 2.39. The van der Waals surface area contributed by atoms with E-state index in [4.69, 9.17) is 10.5 Å². The summed E-state index contributed by atoms with van der Waals surface area (Å²) in [7, 11) is 0. The van der Waals surface area contributed by atoms with E-state index in [-0.39, 0.29) is 0 Å². The second-order valence-electron chi connectivity index (χ2n) is 3.71. The largest absolute Gasteiger partial charge is 0.488 e. The summed E-state index contributed by atoms with van der Waals surface area (Å²) in [6.45, 7) is 0.444. The standard InChI is InChI=1S/C13H10Br3NO/c14-9-3-4-13(11(16)5-9)18-7-8-1-2-10(15)6-12(8)17/h1-6H,7,17H2. The average molecular weight is 436 g/mol. The Bertz CT molecular complexity index is 521. The van der Waals surface area contributed by atoms with Crippen molar-refractivity contribution in [3.05, 3.63) is 55.4 Å². The van der Waals surface area contributed by atoms with E-state index < -0.39 is 0 Å². The van der Waals surface area contributed by atoms with Crippen LogP contribution >= 0.6 is 47.8 Å². The zero-order chi connectivity index (χ0) is 13.1. The van der Waals surface area contributed by atoms with Crippen LogP contribution in [0.1, 0.15) is 5.56 Å². The summed E-state index contributed by atoms with van der Waals surface area (Å²) in [6, 6.07) is 11.6. The number of hydrogen-bond acceptors (Lipinski definition) is 2. The zero-order valence-electron chi connectivity index (χ0n) is 9.29. The minimum atomic E-state index is 0.444. The Morgan fingerprint density at radius 3 is 2.28 bits per heavy atom. The Balaban J connectivity index is 2.11. The third-order valence-corrected chi connectivity index (χ3v) is 3.99. The second kappa shape index (κ2) is 6.08. The normalized spacial score (nSPS) is 10.4. The Hall–Kier alpha value is -0.520. The summed E-state index contributed by atoms with van der Waals surface area (Å²) >= 11 is 10.2. The van der Waals surface area contributed by atoms with Crippen LogP contribution in [0.5, 0.6) is 5.75 Å². The molecular weight excluding hydrogens is 426 g/mol. The molecule has 0 saturated carbocycles. The molecule has 0 heterocycles. The highest BCUT2D eigenvalue weighted by molar-refractivity contribution is 9.11. The fourth-order valence-corrected chi connectivity index (χ4v) is 2.99. The first kappa shape index (κ1) is 13.9. The minimum Gasteiger partial charge on any atom is -0.488 e. The maximum Gasteiger partial charge on any atom is 0.134 e. The van der Waals surface area contributed by atoms with Crippen LogP contribution in [-0.2, 0) is 6.61 Å². The number of hydrogen-bond donors (Lipinski definition) is 1. The lowest BCUT2D eigenvalue weighted by Crippen LogP contribution is -2.00. The summed E-state index contributed by atoms with van der Waals surface area (Å²) in [4.78, 5) is 0. The number of anilines is 1. The van der Waals surface area contributed by atoms with Crippen LogP contribution in [0.3, 0.4) is 0 Å². The van der Waals surface area contributed by atoms with Crippen LogP contribution in [-0.4, -0.2) is 0 Å². The van der Waals surface area contributed by atoms with Crippen LogP contribution in [0.25, 0.3) is 0 Å². The van der Waals surface area contributed by atoms with Gasteiger partial charge in [0.05, 0.1) is 4.47 Å². The van der Waals surface area contributed by atoms with Crippen LogP contribution in [0.15, 0.2) is 49.8 Å². The molecule has 18 heavy (non-hydrogen) atoms. The van der Waals surface area contributed by atoms with Gasteiger partial charge in [0.15, 0.2) is 0 Å². The fourth-order valence-electron chi connectivity index (χ4n) is 1.45. The first-order chi connectivity index (χ1) is 8.56. The van der Waals surface area contributed by atoms with E-state index in [0.717, 1.165) is 30.4 Å². The quantitative estimate of drug-likeness (QED) is 0.678. The molecule has 0 amide bonds. The number of ether oxygens (including phenoxy) is 1. The molecular formula is C13H10Br3NO. The van der Waals surface area contributed by atoms with Gasteiger partial charge < -0.3 is 10.5 Å². The van der Waals surface area contributed by atoms with Crippen molar-refractivity contribution in [2.75, 3.05) is 5.73 Å². The molecule has 2 aromatic carbocycles. The fraction of sp³-hybridized carbons (Fsp3) is 0.0769. The van der Waals surface area contributed by atoms with Crippen LogP contribution < -0.4 is 10.5 Å². The van der Waals surface area contributed by atoms with Gasteiger partial charge in [-0.25, -0.2) is 0 Å². The highest BCUT2D eigenvalue weighted by atomic mass is 79.9. The van der Waals surface area contributed by atoms with Gasteiger partial charge in [-0.15, -0.1) is 0 Å². The number of rotatable bonds is 3. The predicted molar refractivity (Wildman–Crippen MR) is 84.7 cm³/mol. The van der Waals surface area contributed by atoms with Crippen molar-refractivity contribution in [1.82, 2.24) is 0 Å².